The molecule has 1 saturated heterocycles. The molecule has 0 amide bonds. The summed E-state index contributed by atoms with van der Waals surface area (Å²) < 4.78 is 4.94. The zero-order valence-corrected chi connectivity index (χ0v) is 10.8. The molecular formula is C12H14ClN3O2. The minimum Gasteiger partial charge on any atom is -0.460 e. The van der Waals surface area contributed by atoms with E-state index in [0.717, 1.165) is 13.1 Å². The van der Waals surface area contributed by atoms with E-state index in [0.29, 0.717) is 17.3 Å². The van der Waals surface area contributed by atoms with E-state index in [1.54, 1.807) is 19.1 Å². The highest BCUT2D eigenvalue weighted by molar-refractivity contribution is 6.36. The molecule has 1 aliphatic rings. The molecule has 0 radical (unpaired) electrons. The Balaban J connectivity index is 2.09. The second-order valence-corrected chi connectivity index (χ2v) is 4.14. The maximum atomic E-state index is 11.7. The Hall–Kier alpha value is -1.75. The number of anilines is 1. The molecule has 1 aromatic rings. The van der Waals surface area contributed by atoms with Gasteiger partial charge in [0.2, 0.25) is 5.84 Å². The van der Waals surface area contributed by atoms with Crippen LogP contribution in [-0.4, -0.2) is 36.4 Å². The van der Waals surface area contributed by atoms with Gasteiger partial charge in [-0.15, -0.1) is 5.10 Å². The van der Waals surface area contributed by atoms with Gasteiger partial charge in [0.1, 0.15) is 0 Å². The van der Waals surface area contributed by atoms with Gasteiger partial charge in [-0.05, 0) is 19.1 Å². The van der Waals surface area contributed by atoms with Crippen molar-refractivity contribution >= 4 is 29.1 Å². The normalized spacial score (nSPS) is 14.3. The number of esters is 1. The van der Waals surface area contributed by atoms with Gasteiger partial charge in [0.05, 0.1) is 17.3 Å². The summed E-state index contributed by atoms with van der Waals surface area (Å²) in [5, 5.41) is 4.62. The van der Waals surface area contributed by atoms with Gasteiger partial charge in [-0.1, -0.05) is 23.7 Å². The number of halogens is 1. The Kier molecular flexibility index (Phi) is 4.04. The third-order valence-corrected chi connectivity index (χ3v) is 2.69. The van der Waals surface area contributed by atoms with Crippen LogP contribution >= 0.6 is 11.6 Å². The first-order valence-electron chi connectivity index (χ1n) is 5.72. The summed E-state index contributed by atoms with van der Waals surface area (Å²) in [7, 11) is 0. The molecule has 1 fully saturated rings. The average Bonchev–Trinajstić information content (AvgIpc) is 3.16. The van der Waals surface area contributed by atoms with E-state index in [-0.39, 0.29) is 5.84 Å². The van der Waals surface area contributed by atoms with Gasteiger partial charge >= 0.3 is 5.97 Å². The van der Waals surface area contributed by atoms with Crippen LogP contribution in [-0.2, 0) is 9.53 Å². The Morgan fingerprint density at radius 1 is 1.50 bits per heavy atom. The summed E-state index contributed by atoms with van der Waals surface area (Å²) in [4.78, 5) is 13.5. The largest absolute Gasteiger partial charge is 0.460 e. The highest BCUT2D eigenvalue weighted by Gasteiger charge is 2.29. The van der Waals surface area contributed by atoms with Crippen molar-refractivity contribution in [3.05, 3.63) is 29.3 Å². The van der Waals surface area contributed by atoms with Gasteiger partial charge in [-0.25, -0.2) is 4.79 Å². The van der Waals surface area contributed by atoms with Crippen molar-refractivity contribution in [3.63, 3.8) is 0 Å². The molecule has 1 heterocycles. The smallest absolute Gasteiger partial charge is 0.375 e. The molecule has 0 bridgehead atoms. The molecule has 0 atom stereocenters. The summed E-state index contributed by atoms with van der Waals surface area (Å²) in [5.41, 5.74) is 3.44. The maximum Gasteiger partial charge on any atom is 0.375 e. The fourth-order valence-electron chi connectivity index (χ4n) is 1.37. The number of amidine groups is 1. The number of hydrazone groups is 1. The lowest BCUT2D eigenvalue weighted by molar-refractivity contribution is -0.135. The molecular weight excluding hydrogens is 254 g/mol. The Labute approximate surface area is 110 Å². The standard InChI is InChI=1S/C12H14ClN3O2/c1-2-18-12(17)11(16-7-8-16)15-14-10-6-4-3-5-9(10)13/h3-6,14H,2,7-8H2,1H3/b15-11-. The summed E-state index contributed by atoms with van der Waals surface area (Å²) >= 11 is 5.98. The molecule has 2 rings (SSSR count). The van der Waals surface area contributed by atoms with E-state index >= 15 is 0 Å². The summed E-state index contributed by atoms with van der Waals surface area (Å²) in [5.74, 6) is -0.133. The van der Waals surface area contributed by atoms with Crippen molar-refractivity contribution in [2.45, 2.75) is 6.92 Å². The first-order valence-corrected chi connectivity index (χ1v) is 6.10. The van der Waals surface area contributed by atoms with E-state index in [9.17, 15) is 4.79 Å². The van der Waals surface area contributed by atoms with Crippen LogP contribution in [0.1, 0.15) is 6.92 Å². The van der Waals surface area contributed by atoms with E-state index < -0.39 is 5.97 Å². The average molecular weight is 268 g/mol. The van der Waals surface area contributed by atoms with Gasteiger partial charge in [0.15, 0.2) is 0 Å². The van der Waals surface area contributed by atoms with Crippen LogP contribution in [0.5, 0.6) is 0 Å². The lowest BCUT2D eigenvalue weighted by atomic mass is 10.3. The number of nitrogens with one attached hydrogen (secondary N) is 1. The minimum atomic E-state index is -0.422. The van der Waals surface area contributed by atoms with Crippen LogP contribution in [0.2, 0.25) is 5.02 Å². The first-order chi connectivity index (χ1) is 8.72. The van der Waals surface area contributed by atoms with Crippen LogP contribution in [0.4, 0.5) is 5.69 Å². The van der Waals surface area contributed by atoms with Crippen LogP contribution < -0.4 is 5.43 Å². The lowest BCUT2D eigenvalue weighted by Crippen LogP contribution is -2.26. The predicted molar refractivity (Wildman–Crippen MR) is 70.7 cm³/mol. The molecule has 5 nitrogen and oxygen atoms in total. The van der Waals surface area contributed by atoms with Crippen LogP contribution in [0.15, 0.2) is 29.4 Å². The van der Waals surface area contributed by atoms with Crippen molar-refractivity contribution in [1.29, 1.82) is 0 Å². The van der Waals surface area contributed by atoms with Gasteiger partial charge in [-0.2, -0.15) is 0 Å². The highest BCUT2D eigenvalue weighted by atomic mass is 35.5. The van der Waals surface area contributed by atoms with Gasteiger partial charge in [0.25, 0.3) is 0 Å². The second kappa shape index (κ2) is 5.73. The molecule has 0 spiro atoms. The highest BCUT2D eigenvalue weighted by Crippen LogP contribution is 2.20. The number of benzene rings is 1. The number of carbonyl (C=O) groups excluding carboxylic acids is 1. The molecule has 0 aliphatic carbocycles. The third kappa shape index (κ3) is 3.13. The predicted octanol–water partition coefficient (Wildman–Crippen LogP) is 1.94. The Bertz CT molecular complexity index is 472. The Morgan fingerprint density at radius 3 is 2.83 bits per heavy atom. The topological polar surface area (TPSA) is 53.7 Å². The molecule has 1 N–H and O–H groups in total. The zero-order chi connectivity index (χ0) is 13.0. The van der Waals surface area contributed by atoms with Crippen molar-refractivity contribution in [3.8, 4) is 0 Å². The molecule has 6 heteroatoms. The molecule has 1 aromatic carbocycles. The lowest BCUT2D eigenvalue weighted by Gasteiger charge is -2.08. The van der Waals surface area contributed by atoms with E-state index in [2.05, 4.69) is 10.5 Å². The molecule has 96 valence electrons. The van der Waals surface area contributed by atoms with E-state index in [1.165, 1.54) is 0 Å². The molecule has 1 aliphatic heterocycles. The number of carbonyl (C=O) groups is 1. The molecule has 18 heavy (non-hydrogen) atoms. The van der Waals surface area contributed by atoms with Gasteiger partial charge in [0, 0.05) is 13.1 Å². The monoisotopic (exact) mass is 267 g/mol. The number of ether oxygens (including phenoxy) is 1. The number of para-hydroxylation sites is 1. The summed E-state index contributed by atoms with van der Waals surface area (Å²) in [6, 6.07) is 7.21. The fourth-order valence-corrected chi connectivity index (χ4v) is 1.55. The number of hydrogen-bond acceptors (Lipinski definition) is 4. The van der Waals surface area contributed by atoms with E-state index in [4.69, 9.17) is 16.3 Å². The maximum absolute atomic E-state index is 11.7. The molecule has 0 aromatic heterocycles. The van der Waals surface area contributed by atoms with Crippen molar-refractivity contribution < 1.29 is 9.53 Å². The number of nitrogens with zero attached hydrogens (tertiary/aromatic N) is 2. The van der Waals surface area contributed by atoms with Crippen molar-refractivity contribution in [1.82, 2.24) is 4.90 Å². The van der Waals surface area contributed by atoms with Crippen molar-refractivity contribution in [2.24, 2.45) is 5.10 Å². The van der Waals surface area contributed by atoms with Crippen LogP contribution in [0, 0.1) is 0 Å². The van der Waals surface area contributed by atoms with E-state index in [1.807, 2.05) is 17.0 Å². The summed E-state index contributed by atoms with van der Waals surface area (Å²) in [6.07, 6.45) is 0. The van der Waals surface area contributed by atoms with Crippen LogP contribution in [0.25, 0.3) is 0 Å². The number of rotatable bonds is 3. The molecule has 0 unspecified atom stereocenters. The van der Waals surface area contributed by atoms with Gasteiger partial charge in [-0.3, -0.25) is 5.43 Å². The quantitative estimate of drug-likeness (QED) is 0.299. The summed E-state index contributed by atoms with van der Waals surface area (Å²) in [6.45, 7) is 3.74. The molecule has 0 saturated carbocycles. The SMILES string of the molecule is CCOC(=O)/C(=N/Nc1ccccc1Cl)N1CC1. The second-order valence-electron chi connectivity index (χ2n) is 3.73. The zero-order valence-electron chi connectivity index (χ0n) is 10.0. The van der Waals surface area contributed by atoms with Crippen molar-refractivity contribution in [2.75, 3.05) is 25.1 Å². The fraction of sp³-hybridized carbons (Fsp3) is 0.333. The first kappa shape index (κ1) is 12.7. The third-order valence-electron chi connectivity index (χ3n) is 2.36. The Morgan fingerprint density at radius 2 is 2.22 bits per heavy atom. The number of hydrogen-bond donors (Lipinski definition) is 1. The van der Waals surface area contributed by atoms with Crippen LogP contribution in [0.3, 0.4) is 0 Å². The minimum absolute atomic E-state index is 0.289. The van der Waals surface area contributed by atoms with Gasteiger partial charge < -0.3 is 9.64 Å².